The molecule has 4 N–H and O–H groups in total. The zero-order valence-electron chi connectivity index (χ0n) is 16.8. The minimum Gasteiger partial charge on any atom is -0.480 e. The van der Waals surface area contributed by atoms with Gasteiger partial charge in [0.25, 0.3) is 5.91 Å². The highest BCUT2D eigenvalue weighted by Gasteiger charge is 2.17. The van der Waals surface area contributed by atoms with Gasteiger partial charge >= 0.3 is 11.9 Å². The predicted molar refractivity (Wildman–Crippen MR) is 116 cm³/mol. The first-order valence-electron chi connectivity index (χ1n) is 9.10. The number of terminal acetylenes is 1. The van der Waals surface area contributed by atoms with E-state index in [1.807, 2.05) is 0 Å². The van der Waals surface area contributed by atoms with E-state index in [2.05, 4.69) is 5.92 Å². The Kier molecular flexibility index (Phi) is 7.69. The zero-order chi connectivity index (χ0) is 23.0. The summed E-state index contributed by atoms with van der Waals surface area (Å²) in [7, 11) is 0. The van der Waals surface area contributed by atoms with Crippen LogP contribution in [0.4, 0.5) is 0 Å². The number of nitrogens with one attached hydrogen (secondary N) is 1. The molecule has 0 saturated carbocycles. The Hall–Kier alpha value is -4.38. The third-order valence-corrected chi connectivity index (χ3v) is 4.14. The summed E-state index contributed by atoms with van der Waals surface area (Å²) in [5.41, 5.74) is 7.16. The average molecular weight is 419 g/mol. The fourth-order valence-corrected chi connectivity index (χ4v) is 2.62. The monoisotopic (exact) mass is 419 g/mol. The predicted octanol–water partition coefficient (Wildman–Crippen LogP) is 2.14. The van der Waals surface area contributed by atoms with Crippen molar-refractivity contribution in [3.63, 3.8) is 0 Å². The molecule has 0 unspecified atom stereocenters. The van der Waals surface area contributed by atoms with Gasteiger partial charge in [-0.3, -0.25) is 15.0 Å². The fourth-order valence-electron chi connectivity index (χ4n) is 2.62. The molecular weight excluding hydrogens is 398 g/mol. The molecule has 0 radical (unpaired) electrons. The molecule has 0 fully saturated rings. The van der Waals surface area contributed by atoms with Crippen LogP contribution in [0.2, 0.25) is 0 Å². The number of benzene rings is 2. The lowest BCUT2D eigenvalue weighted by Crippen LogP contribution is -2.36. The number of carboxylic acids is 1. The molecule has 2 aromatic carbocycles. The number of amides is 1. The molecule has 0 bridgehead atoms. The number of hydrogen-bond donors (Lipinski definition) is 3. The Bertz CT molecular complexity index is 1060. The van der Waals surface area contributed by atoms with Gasteiger partial charge in [-0.15, -0.1) is 6.42 Å². The Morgan fingerprint density at radius 3 is 2.23 bits per heavy atom. The van der Waals surface area contributed by atoms with E-state index in [1.54, 1.807) is 61.5 Å². The second-order valence-corrected chi connectivity index (χ2v) is 6.54. The van der Waals surface area contributed by atoms with Gasteiger partial charge in [0, 0.05) is 11.1 Å². The number of esters is 1. The van der Waals surface area contributed by atoms with Crippen LogP contribution >= 0.6 is 0 Å². The molecule has 1 amide bonds. The number of ether oxygens (including phenoxy) is 1. The Balaban J connectivity index is 2.08. The van der Waals surface area contributed by atoms with E-state index in [-0.39, 0.29) is 12.4 Å². The first-order valence-corrected chi connectivity index (χ1v) is 9.10. The molecule has 8 nitrogen and oxygen atoms in total. The Labute approximate surface area is 179 Å². The van der Waals surface area contributed by atoms with E-state index >= 15 is 0 Å². The Morgan fingerprint density at radius 2 is 1.71 bits per heavy atom. The highest BCUT2D eigenvalue weighted by molar-refractivity contribution is 5.99. The molecule has 0 aliphatic rings. The van der Waals surface area contributed by atoms with Gasteiger partial charge in [0.15, 0.2) is 0 Å². The van der Waals surface area contributed by atoms with Crippen LogP contribution in [0.5, 0.6) is 5.75 Å². The first kappa shape index (κ1) is 22.9. The SMILES string of the molecule is C#CCN(CC(=O)O)C(=O)/C(C)=C/c1ccc(C(=O)Oc2ccc(C(=N)N)cc2)cc1. The lowest BCUT2D eigenvalue weighted by Gasteiger charge is -2.18. The van der Waals surface area contributed by atoms with Crippen LogP contribution in [0, 0.1) is 17.8 Å². The number of rotatable bonds is 8. The van der Waals surface area contributed by atoms with Crippen LogP contribution in [0.15, 0.2) is 54.1 Å². The molecule has 8 heteroatoms. The van der Waals surface area contributed by atoms with E-state index in [9.17, 15) is 14.4 Å². The van der Waals surface area contributed by atoms with Crippen molar-refractivity contribution in [1.82, 2.24) is 4.90 Å². The first-order chi connectivity index (χ1) is 14.7. The zero-order valence-corrected chi connectivity index (χ0v) is 16.8. The van der Waals surface area contributed by atoms with Crippen LogP contribution in [-0.4, -0.2) is 46.8 Å². The second-order valence-electron chi connectivity index (χ2n) is 6.54. The van der Waals surface area contributed by atoms with Crippen molar-refractivity contribution in [2.75, 3.05) is 13.1 Å². The molecule has 0 saturated heterocycles. The smallest absolute Gasteiger partial charge is 0.343 e. The van der Waals surface area contributed by atoms with Crippen molar-refractivity contribution in [2.45, 2.75) is 6.92 Å². The van der Waals surface area contributed by atoms with Gasteiger partial charge in [0.05, 0.1) is 12.1 Å². The summed E-state index contributed by atoms with van der Waals surface area (Å²) < 4.78 is 5.29. The van der Waals surface area contributed by atoms with E-state index in [1.165, 1.54) is 0 Å². The number of carbonyl (C=O) groups excluding carboxylic acids is 2. The molecule has 2 aromatic rings. The maximum absolute atomic E-state index is 12.4. The van der Waals surface area contributed by atoms with E-state index in [0.29, 0.717) is 28.0 Å². The summed E-state index contributed by atoms with van der Waals surface area (Å²) in [6, 6.07) is 12.6. The largest absolute Gasteiger partial charge is 0.480 e. The van der Waals surface area contributed by atoms with Crippen molar-refractivity contribution >= 4 is 29.8 Å². The average Bonchev–Trinajstić information content (AvgIpc) is 2.73. The molecule has 2 rings (SSSR count). The van der Waals surface area contributed by atoms with Gasteiger partial charge in [0.2, 0.25) is 0 Å². The third-order valence-electron chi connectivity index (χ3n) is 4.14. The Morgan fingerprint density at radius 1 is 1.13 bits per heavy atom. The lowest BCUT2D eigenvalue weighted by atomic mass is 10.1. The number of nitrogen functional groups attached to an aromatic ring is 1. The summed E-state index contributed by atoms with van der Waals surface area (Å²) in [5.74, 6) is 0.283. The number of hydrogen-bond acceptors (Lipinski definition) is 5. The standard InChI is InChI=1S/C23H21N3O5/c1-3-12-26(14-20(27)28)22(29)15(2)13-16-4-6-18(7-5-16)23(30)31-19-10-8-17(9-11-19)21(24)25/h1,4-11,13H,12,14H2,2H3,(H3,24,25)(H,27,28)/b15-13+. The number of nitrogens with two attached hydrogens (primary N) is 1. The minimum absolute atomic E-state index is 0.0827. The number of nitrogens with zero attached hydrogens (tertiary/aromatic N) is 1. The summed E-state index contributed by atoms with van der Waals surface area (Å²) in [4.78, 5) is 36.7. The van der Waals surface area contributed by atoms with Crippen molar-refractivity contribution in [2.24, 2.45) is 5.73 Å². The fraction of sp³-hybridized carbons (Fsp3) is 0.130. The third kappa shape index (κ3) is 6.58. The molecule has 0 heterocycles. The van der Waals surface area contributed by atoms with Crippen molar-refractivity contribution in [1.29, 1.82) is 5.41 Å². The molecule has 0 aliphatic heterocycles. The van der Waals surface area contributed by atoms with Crippen molar-refractivity contribution < 1.29 is 24.2 Å². The number of aliphatic carboxylic acids is 1. The van der Waals surface area contributed by atoms with Gasteiger partial charge in [-0.2, -0.15) is 0 Å². The van der Waals surface area contributed by atoms with Gasteiger partial charge in [-0.1, -0.05) is 18.1 Å². The quantitative estimate of drug-likeness (QED) is 0.150. The molecule has 0 atom stereocenters. The van der Waals surface area contributed by atoms with Gasteiger partial charge in [-0.05, 0) is 55.0 Å². The number of amidine groups is 1. The molecule has 31 heavy (non-hydrogen) atoms. The van der Waals surface area contributed by atoms with Crippen LogP contribution in [0.1, 0.15) is 28.4 Å². The number of carboxylic acid groups (broad SMARTS) is 1. The summed E-state index contributed by atoms with van der Waals surface area (Å²) >= 11 is 0. The van der Waals surface area contributed by atoms with Crippen LogP contribution in [0.25, 0.3) is 6.08 Å². The van der Waals surface area contributed by atoms with Crippen molar-refractivity contribution in [3.05, 3.63) is 70.8 Å². The van der Waals surface area contributed by atoms with E-state index in [4.69, 9.17) is 27.4 Å². The lowest BCUT2D eigenvalue weighted by molar-refractivity contribution is -0.142. The second kappa shape index (κ2) is 10.4. The van der Waals surface area contributed by atoms with E-state index < -0.39 is 24.4 Å². The molecule has 0 aromatic heterocycles. The molecule has 158 valence electrons. The summed E-state index contributed by atoms with van der Waals surface area (Å²) in [5, 5.41) is 16.3. The van der Waals surface area contributed by atoms with Crippen LogP contribution in [0.3, 0.4) is 0 Å². The van der Waals surface area contributed by atoms with Crippen molar-refractivity contribution in [3.8, 4) is 18.1 Å². The highest BCUT2D eigenvalue weighted by atomic mass is 16.5. The topological polar surface area (TPSA) is 134 Å². The summed E-state index contributed by atoms with van der Waals surface area (Å²) in [6.07, 6.45) is 6.77. The normalized spacial score (nSPS) is 10.6. The van der Waals surface area contributed by atoms with Gasteiger partial charge < -0.3 is 20.5 Å². The molecule has 0 aliphatic carbocycles. The van der Waals surface area contributed by atoms with E-state index in [0.717, 1.165) is 4.90 Å². The maximum atomic E-state index is 12.4. The maximum Gasteiger partial charge on any atom is 0.343 e. The highest BCUT2D eigenvalue weighted by Crippen LogP contribution is 2.16. The molecular formula is C23H21N3O5. The van der Waals surface area contributed by atoms with Gasteiger partial charge in [-0.25, -0.2) is 4.79 Å². The van der Waals surface area contributed by atoms with Crippen LogP contribution < -0.4 is 10.5 Å². The summed E-state index contributed by atoms with van der Waals surface area (Å²) in [6.45, 7) is 0.946. The minimum atomic E-state index is -1.16. The number of carbonyl (C=O) groups is 3. The van der Waals surface area contributed by atoms with Gasteiger partial charge in [0.1, 0.15) is 18.1 Å². The molecule has 0 spiro atoms. The van der Waals surface area contributed by atoms with Crippen LogP contribution in [-0.2, 0) is 9.59 Å².